The number of carboxylic acids is 2. The zero-order valence-electron chi connectivity index (χ0n) is 9.33. The number of rotatable bonds is 5. The molecule has 1 rings (SSSR count). The Morgan fingerprint density at radius 1 is 1.24 bits per heavy atom. The molecule has 0 saturated carbocycles. The van der Waals surface area contributed by atoms with Crippen LogP contribution in [-0.4, -0.2) is 32.9 Å². The van der Waals surface area contributed by atoms with E-state index in [1.165, 1.54) is 6.92 Å². The maximum atomic E-state index is 11.1. The van der Waals surface area contributed by atoms with Crippen LogP contribution in [0.3, 0.4) is 0 Å². The molecule has 1 aromatic carbocycles. The van der Waals surface area contributed by atoms with E-state index in [4.69, 9.17) is 10.2 Å². The van der Waals surface area contributed by atoms with E-state index in [1.807, 2.05) is 0 Å². The first-order chi connectivity index (χ1) is 7.88. The molecule has 2 atom stereocenters. The number of aliphatic carboxylic acids is 2. The average Bonchev–Trinajstić information content (AvgIpc) is 2.28. The number of hydrogen-bond acceptors (Lipinski definition) is 3. The number of carboxylic acid groups (broad SMARTS) is 2. The van der Waals surface area contributed by atoms with Crippen LogP contribution in [0.4, 0.5) is 0 Å². The van der Waals surface area contributed by atoms with Crippen molar-refractivity contribution in [2.45, 2.75) is 18.9 Å². The molecule has 17 heavy (non-hydrogen) atoms. The minimum absolute atomic E-state index is 0.239. The van der Waals surface area contributed by atoms with Gasteiger partial charge in [0.2, 0.25) is 0 Å². The first-order valence-corrected chi connectivity index (χ1v) is 5.10. The van der Waals surface area contributed by atoms with Crippen LogP contribution in [0.1, 0.15) is 12.5 Å². The van der Waals surface area contributed by atoms with Crippen molar-refractivity contribution in [1.82, 2.24) is 0 Å². The number of benzene rings is 1. The van der Waals surface area contributed by atoms with E-state index in [-0.39, 0.29) is 6.42 Å². The first-order valence-electron chi connectivity index (χ1n) is 5.10. The van der Waals surface area contributed by atoms with Crippen LogP contribution < -0.4 is 0 Å². The summed E-state index contributed by atoms with van der Waals surface area (Å²) in [5, 5.41) is 27.8. The molecule has 2 unspecified atom stereocenters. The highest BCUT2D eigenvalue weighted by Gasteiger charge is 2.45. The third-order valence-electron chi connectivity index (χ3n) is 2.77. The maximum absolute atomic E-state index is 11.1. The van der Waals surface area contributed by atoms with Crippen molar-refractivity contribution in [3.63, 3.8) is 0 Å². The van der Waals surface area contributed by atoms with Gasteiger partial charge in [-0.15, -0.1) is 0 Å². The monoisotopic (exact) mass is 238 g/mol. The van der Waals surface area contributed by atoms with Crippen LogP contribution >= 0.6 is 0 Å². The van der Waals surface area contributed by atoms with Gasteiger partial charge in [0.1, 0.15) is 0 Å². The van der Waals surface area contributed by atoms with Gasteiger partial charge in [-0.3, -0.25) is 4.79 Å². The predicted molar refractivity (Wildman–Crippen MR) is 59.5 cm³/mol. The van der Waals surface area contributed by atoms with Crippen LogP contribution in [0.5, 0.6) is 0 Å². The molecule has 5 nitrogen and oxygen atoms in total. The summed E-state index contributed by atoms with van der Waals surface area (Å²) in [6, 6.07) is 8.43. The van der Waals surface area contributed by atoms with Gasteiger partial charge >= 0.3 is 11.9 Å². The molecule has 0 aromatic heterocycles. The Bertz CT molecular complexity index is 414. The Hall–Kier alpha value is -1.88. The van der Waals surface area contributed by atoms with Crippen molar-refractivity contribution in [3.8, 4) is 0 Å². The summed E-state index contributed by atoms with van der Waals surface area (Å²) in [6.07, 6.45) is -0.239. The lowest BCUT2D eigenvalue weighted by atomic mass is 9.83. The zero-order valence-corrected chi connectivity index (χ0v) is 9.33. The van der Waals surface area contributed by atoms with Crippen LogP contribution in [0.2, 0.25) is 0 Å². The number of aliphatic hydroxyl groups is 1. The molecule has 0 spiro atoms. The van der Waals surface area contributed by atoms with Gasteiger partial charge in [0, 0.05) is 6.42 Å². The van der Waals surface area contributed by atoms with Crippen LogP contribution in [0.15, 0.2) is 30.3 Å². The van der Waals surface area contributed by atoms with Crippen LogP contribution in [0.25, 0.3) is 0 Å². The van der Waals surface area contributed by atoms with Gasteiger partial charge in [-0.2, -0.15) is 0 Å². The fraction of sp³-hybridized carbons (Fsp3) is 0.333. The lowest BCUT2D eigenvalue weighted by molar-refractivity contribution is -0.173. The van der Waals surface area contributed by atoms with E-state index in [0.29, 0.717) is 5.56 Å². The van der Waals surface area contributed by atoms with Gasteiger partial charge in [0.15, 0.2) is 5.60 Å². The van der Waals surface area contributed by atoms with E-state index in [1.54, 1.807) is 30.3 Å². The molecule has 0 fully saturated rings. The molecular weight excluding hydrogens is 224 g/mol. The smallest absolute Gasteiger partial charge is 0.336 e. The van der Waals surface area contributed by atoms with E-state index in [2.05, 4.69) is 0 Å². The average molecular weight is 238 g/mol. The predicted octanol–water partition coefficient (Wildman–Crippen LogP) is 0.765. The lowest BCUT2D eigenvalue weighted by Crippen LogP contribution is -2.49. The first kappa shape index (κ1) is 13.2. The fourth-order valence-electron chi connectivity index (χ4n) is 1.53. The highest BCUT2D eigenvalue weighted by atomic mass is 16.4. The van der Waals surface area contributed by atoms with Crippen LogP contribution in [-0.2, 0) is 16.0 Å². The van der Waals surface area contributed by atoms with Crippen molar-refractivity contribution < 1.29 is 24.9 Å². The molecule has 92 valence electrons. The SMILES string of the molecule is CC(C(=O)O)C(O)(Cc1ccccc1)C(=O)O. The molecule has 5 heteroatoms. The van der Waals surface area contributed by atoms with Gasteiger partial charge in [-0.1, -0.05) is 30.3 Å². The quantitative estimate of drug-likeness (QED) is 0.704. The van der Waals surface area contributed by atoms with E-state index < -0.39 is 23.5 Å². The lowest BCUT2D eigenvalue weighted by Gasteiger charge is -2.27. The second-order valence-electron chi connectivity index (χ2n) is 3.95. The van der Waals surface area contributed by atoms with Crippen LogP contribution in [0, 0.1) is 5.92 Å². The summed E-state index contributed by atoms with van der Waals surface area (Å²) in [5.74, 6) is -4.26. The minimum Gasteiger partial charge on any atom is -0.481 e. The topological polar surface area (TPSA) is 94.8 Å². The summed E-state index contributed by atoms with van der Waals surface area (Å²) < 4.78 is 0. The van der Waals surface area contributed by atoms with E-state index in [9.17, 15) is 14.7 Å². The van der Waals surface area contributed by atoms with Crippen molar-refractivity contribution in [1.29, 1.82) is 0 Å². The Morgan fingerprint density at radius 2 is 1.76 bits per heavy atom. The third kappa shape index (κ3) is 2.82. The largest absolute Gasteiger partial charge is 0.481 e. The number of hydrogen-bond donors (Lipinski definition) is 3. The van der Waals surface area contributed by atoms with Gasteiger partial charge < -0.3 is 15.3 Å². The summed E-state index contributed by atoms with van der Waals surface area (Å²) in [4.78, 5) is 21.9. The molecule has 0 aliphatic carbocycles. The summed E-state index contributed by atoms with van der Waals surface area (Å²) in [6.45, 7) is 1.18. The molecule has 0 radical (unpaired) electrons. The van der Waals surface area contributed by atoms with Crippen molar-refractivity contribution >= 4 is 11.9 Å². The van der Waals surface area contributed by atoms with Gasteiger partial charge in [0.05, 0.1) is 5.92 Å². The molecule has 1 aromatic rings. The summed E-state index contributed by atoms with van der Waals surface area (Å²) in [5.41, 5.74) is -1.72. The highest BCUT2D eigenvalue weighted by Crippen LogP contribution is 2.23. The molecule has 0 heterocycles. The molecule has 0 bridgehead atoms. The van der Waals surface area contributed by atoms with E-state index in [0.717, 1.165) is 0 Å². The third-order valence-corrected chi connectivity index (χ3v) is 2.77. The van der Waals surface area contributed by atoms with Gasteiger partial charge in [-0.05, 0) is 12.5 Å². The normalized spacial score (nSPS) is 15.9. The zero-order chi connectivity index (χ0) is 13.1. The summed E-state index contributed by atoms with van der Waals surface area (Å²) in [7, 11) is 0. The molecule has 3 N–H and O–H groups in total. The van der Waals surface area contributed by atoms with E-state index >= 15 is 0 Å². The Labute approximate surface area is 98.3 Å². The molecular formula is C12H14O5. The minimum atomic E-state index is -2.30. The highest BCUT2D eigenvalue weighted by molar-refractivity contribution is 5.85. The molecule has 0 aliphatic rings. The maximum Gasteiger partial charge on any atom is 0.336 e. The van der Waals surface area contributed by atoms with Gasteiger partial charge in [-0.25, -0.2) is 4.79 Å². The van der Waals surface area contributed by atoms with Crippen molar-refractivity contribution in [2.24, 2.45) is 5.92 Å². The standard InChI is InChI=1S/C12H14O5/c1-8(10(13)14)12(17,11(15)16)7-9-5-3-2-4-6-9/h2-6,8,17H,7H2,1H3,(H,13,14)(H,15,16). The fourth-order valence-corrected chi connectivity index (χ4v) is 1.53. The second kappa shape index (κ2) is 4.97. The Morgan fingerprint density at radius 3 is 2.18 bits per heavy atom. The second-order valence-corrected chi connectivity index (χ2v) is 3.95. The van der Waals surface area contributed by atoms with Gasteiger partial charge in [0.25, 0.3) is 0 Å². The Balaban J connectivity index is 3.02. The number of carbonyl (C=O) groups is 2. The Kier molecular flexibility index (Phi) is 3.85. The van der Waals surface area contributed by atoms with Crippen molar-refractivity contribution in [2.75, 3.05) is 0 Å². The molecule has 0 amide bonds. The summed E-state index contributed by atoms with van der Waals surface area (Å²) >= 11 is 0. The molecule has 0 saturated heterocycles. The molecule has 0 aliphatic heterocycles. The van der Waals surface area contributed by atoms with Crippen molar-refractivity contribution in [3.05, 3.63) is 35.9 Å².